The molecule has 2 unspecified atom stereocenters. The van der Waals surface area contributed by atoms with E-state index in [1.54, 1.807) is 0 Å². The van der Waals surface area contributed by atoms with Crippen molar-refractivity contribution in [2.75, 3.05) is 6.61 Å². The predicted octanol–water partition coefficient (Wildman–Crippen LogP) is 2.57. The maximum absolute atomic E-state index is 6.11. The molecule has 2 N–H and O–H groups in total. The molecule has 0 radical (unpaired) electrons. The first-order valence-electron chi connectivity index (χ1n) is 5.78. The second-order valence-corrected chi connectivity index (χ2v) is 5.71. The van der Waals surface area contributed by atoms with E-state index in [1.165, 1.54) is 12.8 Å². The van der Waals surface area contributed by atoms with Crippen LogP contribution in [-0.2, 0) is 4.74 Å². The lowest BCUT2D eigenvalue weighted by molar-refractivity contribution is 0.0154. The van der Waals surface area contributed by atoms with Crippen LogP contribution in [0, 0.1) is 11.3 Å². The van der Waals surface area contributed by atoms with E-state index in [-0.39, 0.29) is 0 Å². The van der Waals surface area contributed by atoms with Gasteiger partial charge >= 0.3 is 0 Å². The molecule has 1 saturated carbocycles. The molecule has 1 aliphatic carbocycles. The Bertz CT molecular complexity index is 177. The SMILES string of the molecule is CC(C)OCC1CC(C)(C)CCC1N. The first kappa shape index (κ1) is 12.0. The van der Waals surface area contributed by atoms with E-state index in [1.807, 2.05) is 0 Å². The summed E-state index contributed by atoms with van der Waals surface area (Å²) in [6.45, 7) is 9.67. The highest BCUT2D eigenvalue weighted by Crippen LogP contribution is 2.38. The minimum absolute atomic E-state index is 0.326. The minimum Gasteiger partial charge on any atom is -0.378 e. The zero-order valence-electron chi connectivity index (χ0n) is 10.0. The van der Waals surface area contributed by atoms with Gasteiger partial charge in [-0.05, 0) is 44.4 Å². The lowest BCUT2D eigenvalue weighted by Crippen LogP contribution is -2.41. The summed E-state index contributed by atoms with van der Waals surface area (Å²) < 4.78 is 5.67. The van der Waals surface area contributed by atoms with Crippen LogP contribution in [0.15, 0.2) is 0 Å². The third kappa shape index (κ3) is 3.58. The summed E-state index contributed by atoms with van der Waals surface area (Å²) >= 11 is 0. The summed E-state index contributed by atoms with van der Waals surface area (Å²) in [5.41, 5.74) is 6.57. The molecule has 84 valence electrons. The standard InChI is InChI=1S/C12H25NO/c1-9(2)14-8-10-7-12(3,4)6-5-11(10)13/h9-11H,5-8,13H2,1-4H3. The first-order chi connectivity index (χ1) is 6.41. The highest BCUT2D eigenvalue weighted by Gasteiger charge is 2.33. The minimum atomic E-state index is 0.326. The van der Waals surface area contributed by atoms with Gasteiger partial charge in [0.1, 0.15) is 0 Å². The van der Waals surface area contributed by atoms with Crippen LogP contribution in [0.4, 0.5) is 0 Å². The van der Waals surface area contributed by atoms with Gasteiger partial charge in [-0.15, -0.1) is 0 Å². The number of ether oxygens (including phenoxy) is 1. The summed E-state index contributed by atoms with van der Waals surface area (Å²) in [5, 5.41) is 0. The smallest absolute Gasteiger partial charge is 0.0519 e. The van der Waals surface area contributed by atoms with E-state index in [9.17, 15) is 0 Å². The normalized spacial score (nSPS) is 32.1. The Kier molecular flexibility index (Phi) is 3.96. The molecular formula is C12H25NO. The molecule has 2 heteroatoms. The van der Waals surface area contributed by atoms with Crippen LogP contribution in [0.2, 0.25) is 0 Å². The van der Waals surface area contributed by atoms with Crippen LogP contribution in [-0.4, -0.2) is 18.8 Å². The topological polar surface area (TPSA) is 35.2 Å². The van der Waals surface area contributed by atoms with Gasteiger partial charge in [-0.25, -0.2) is 0 Å². The van der Waals surface area contributed by atoms with Gasteiger partial charge in [0.25, 0.3) is 0 Å². The molecule has 0 aliphatic heterocycles. The number of rotatable bonds is 3. The van der Waals surface area contributed by atoms with Crippen molar-refractivity contribution in [3.8, 4) is 0 Å². The van der Waals surface area contributed by atoms with Crippen LogP contribution in [0.3, 0.4) is 0 Å². The van der Waals surface area contributed by atoms with Crippen molar-refractivity contribution in [3.63, 3.8) is 0 Å². The molecule has 1 rings (SSSR count). The summed E-state index contributed by atoms with van der Waals surface area (Å²) in [6.07, 6.45) is 3.94. The van der Waals surface area contributed by atoms with Crippen LogP contribution in [0.5, 0.6) is 0 Å². The summed E-state index contributed by atoms with van der Waals surface area (Å²) in [5.74, 6) is 0.557. The zero-order chi connectivity index (χ0) is 10.8. The van der Waals surface area contributed by atoms with Crippen molar-refractivity contribution >= 4 is 0 Å². The molecule has 14 heavy (non-hydrogen) atoms. The third-order valence-electron chi connectivity index (χ3n) is 3.22. The molecule has 0 heterocycles. The molecule has 0 spiro atoms. The molecule has 1 fully saturated rings. The van der Waals surface area contributed by atoms with Crippen molar-refractivity contribution in [2.45, 2.75) is 59.1 Å². The Morgan fingerprint density at radius 3 is 2.64 bits per heavy atom. The maximum Gasteiger partial charge on any atom is 0.0519 e. The van der Waals surface area contributed by atoms with Crippen molar-refractivity contribution in [1.29, 1.82) is 0 Å². The monoisotopic (exact) mass is 199 g/mol. The lowest BCUT2D eigenvalue weighted by Gasteiger charge is -2.39. The fourth-order valence-corrected chi connectivity index (χ4v) is 2.25. The highest BCUT2D eigenvalue weighted by molar-refractivity contribution is 4.86. The van der Waals surface area contributed by atoms with E-state index in [0.29, 0.717) is 23.5 Å². The average molecular weight is 199 g/mol. The fourth-order valence-electron chi connectivity index (χ4n) is 2.25. The van der Waals surface area contributed by atoms with Gasteiger partial charge in [-0.1, -0.05) is 13.8 Å². The summed E-state index contributed by atoms with van der Waals surface area (Å²) in [6, 6.07) is 0.349. The van der Waals surface area contributed by atoms with Crippen LogP contribution in [0.25, 0.3) is 0 Å². The molecule has 0 bridgehead atoms. The fraction of sp³-hybridized carbons (Fsp3) is 1.00. The molecule has 1 aliphatic rings. The lowest BCUT2D eigenvalue weighted by atomic mass is 9.70. The summed E-state index contributed by atoms with van der Waals surface area (Å²) in [4.78, 5) is 0. The maximum atomic E-state index is 6.11. The Labute approximate surface area is 88.2 Å². The van der Waals surface area contributed by atoms with Gasteiger partial charge in [-0.2, -0.15) is 0 Å². The quantitative estimate of drug-likeness (QED) is 0.758. The molecule has 0 aromatic carbocycles. The average Bonchev–Trinajstić information content (AvgIpc) is 2.06. The van der Waals surface area contributed by atoms with Gasteiger partial charge in [-0.3, -0.25) is 0 Å². The second-order valence-electron chi connectivity index (χ2n) is 5.71. The molecule has 0 saturated heterocycles. The Morgan fingerprint density at radius 2 is 2.07 bits per heavy atom. The molecule has 2 nitrogen and oxygen atoms in total. The van der Waals surface area contributed by atoms with Gasteiger partial charge in [0.15, 0.2) is 0 Å². The molecule has 0 aromatic heterocycles. The predicted molar refractivity (Wildman–Crippen MR) is 60.2 cm³/mol. The summed E-state index contributed by atoms with van der Waals surface area (Å²) in [7, 11) is 0. The Balaban J connectivity index is 2.41. The zero-order valence-corrected chi connectivity index (χ0v) is 10.0. The van der Waals surface area contributed by atoms with Gasteiger partial charge in [0, 0.05) is 6.04 Å². The van der Waals surface area contributed by atoms with E-state index in [4.69, 9.17) is 10.5 Å². The first-order valence-corrected chi connectivity index (χ1v) is 5.78. The van der Waals surface area contributed by atoms with Crippen LogP contribution < -0.4 is 5.73 Å². The van der Waals surface area contributed by atoms with Crippen LogP contribution >= 0.6 is 0 Å². The van der Waals surface area contributed by atoms with Crippen LogP contribution in [0.1, 0.15) is 47.0 Å². The number of nitrogens with two attached hydrogens (primary N) is 1. The van der Waals surface area contributed by atoms with E-state index in [0.717, 1.165) is 13.0 Å². The molecule has 2 atom stereocenters. The van der Waals surface area contributed by atoms with Gasteiger partial charge in [0.2, 0.25) is 0 Å². The van der Waals surface area contributed by atoms with E-state index >= 15 is 0 Å². The van der Waals surface area contributed by atoms with Crippen molar-refractivity contribution in [3.05, 3.63) is 0 Å². The van der Waals surface area contributed by atoms with E-state index in [2.05, 4.69) is 27.7 Å². The molecule has 0 aromatic rings. The van der Waals surface area contributed by atoms with Crippen molar-refractivity contribution in [2.24, 2.45) is 17.1 Å². The van der Waals surface area contributed by atoms with Gasteiger partial charge in [0.05, 0.1) is 12.7 Å². The van der Waals surface area contributed by atoms with Crippen molar-refractivity contribution in [1.82, 2.24) is 0 Å². The highest BCUT2D eigenvalue weighted by atomic mass is 16.5. The Morgan fingerprint density at radius 1 is 1.43 bits per heavy atom. The number of hydrogen-bond acceptors (Lipinski definition) is 2. The second kappa shape index (κ2) is 4.63. The van der Waals surface area contributed by atoms with E-state index < -0.39 is 0 Å². The van der Waals surface area contributed by atoms with Gasteiger partial charge < -0.3 is 10.5 Å². The molecular weight excluding hydrogens is 174 g/mol. The third-order valence-corrected chi connectivity index (χ3v) is 3.22. The Hall–Kier alpha value is -0.0800. The molecule has 0 amide bonds. The number of hydrogen-bond donors (Lipinski definition) is 1. The largest absolute Gasteiger partial charge is 0.378 e. The van der Waals surface area contributed by atoms with Crippen molar-refractivity contribution < 1.29 is 4.74 Å².